The summed E-state index contributed by atoms with van der Waals surface area (Å²) in [6, 6.07) is 29.4. The van der Waals surface area contributed by atoms with Crippen molar-refractivity contribution in [1.82, 2.24) is 9.97 Å². The Hall–Kier alpha value is -3.08. The van der Waals surface area contributed by atoms with Crippen molar-refractivity contribution in [2.45, 2.75) is 0 Å². The SMILES string of the molecule is c1ccc(-c2ccc(-c3cncc(-c4ccc(-c5ccccc5)s4)n3)s2)cc1. The second-order valence-electron chi connectivity index (χ2n) is 6.35. The maximum Gasteiger partial charge on any atom is 0.0992 e. The Morgan fingerprint density at radius 1 is 0.464 bits per heavy atom. The molecular formula is C24H16N2S2. The zero-order chi connectivity index (χ0) is 18.8. The summed E-state index contributed by atoms with van der Waals surface area (Å²) in [6.45, 7) is 0. The number of rotatable bonds is 4. The van der Waals surface area contributed by atoms with Gasteiger partial charge in [-0.05, 0) is 35.4 Å². The van der Waals surface area contributed by atoms with Crippen molar-refractivity contribution >= 4 is 22.7 Å². The van der Waals surface area contributed by atoms with Crippen molar-refractivity contribution in [2.24, 2.45) is 0 Å². The lowest BCUT2D eigenvalue weighted by atomic mass is 10.2. The zero-order valence-electron chi connectivity index (χ0n) is 14.9. The van der Waals surface area contributed by atoms with Gasteiger partial charge in [0.2, 0.25) is 0 Å². The molecule has 0 aliphatic carbocycles. The Morgan fingerprint density at radius 2 is 0.893 bits per heavy atom. The van der Waals surface area contributed by atoms with E-state index in [1.165, 1.54) is 20.9 Å². The maximum atomic E-state index is 4.89. The molecule has 0 atom stereocenters. The average Bonchev–Trinajstić information content (AvgIpc) is 3.46. The first-order valence-electron chi connectivity index (χ1n) is 9.00. The van der Waals surface area contributed by atoms with Crippen LogP contribution < -0.4 is 0 Å². The minimum atomic E-state index is 0.916. The number of hydrogen-bond acceptors (Lipinski definition) is 4. The van der Waals surface area contributed by atoms with Crippen LogP contribution in [0.25, 0.3) is 42.0 Å². The van der Waals surface area contributed by atoms with Crippen LogP contribution in [0, 0.1) is 0 Å². The predicted molar refractivity (Wildman–Crippen MR) is 120 cm³/mol. The first kappa shape index (κ1) is 17.0. The number of aromatic nitrogens is 2. The van der Waals surface area contributed by atoms with E-state index in [1.807, 2.05) is 24.5 Å². The topological polar surface area (TPSA) is 25.8 Å². The molecule has 0 spiro atoms. The third-order valence-corrected chi connectivity index (χ3v) is 6.78. The summed E-state index contributed by atoms with van der Waals surface area (Å²) in [7, 11) is 0. The molecule has 0 amide bonds. The van der Waals surface area contributed by atoms with Crippen molar-refractivity contribution < 1.29 is 0 Å². The summed E-state index contributed by atoms with van der Waals surface area (Å²) in [4.78, 5) is 14.1. The van der Waals surface area contributed by atoms with Crippen molar-refractivity contribution in [2.75, 3.05) is 0 Å². The quantitative estimate of drug-likeness (QED) is 0.319. The van der Waals surface area contributed by atoms with E-state index in [-0.39, 0.29) is 0 Å². The van der Waals surface area contributed by atoms with Gasteiger partial charge in [-0.3, -0.25) is 4.98 Å². The average molecular weight is 397 g/mol. The predicted octanol–water partition coefficient (Wildman–Crippen LogP) is 7.27. The van der Waals surface area contributed by atoms with Crippen LogP contribution in [-0.4, -0.2) is 9.97 Å². The maximum absolute atomic E-state index is 4.89. The fraction of sp³-hybridized carbons (Fsp3) is 0. The third-order valence-electron chi connectivity index (χ3n) is 4.47. The summed E-state index contributed by atoms with van der Waals surface area (Å²) >= 11 is 3.49. The van der Waals surface area contributed by atoms with Gasteiger partial charge in [0.15, 0.2) is 0 Å². The van der Waals surface area contributed by atoms with E-state index < -0.39 is 0 Å². The minimum absolute atomic E-state index is 0.916. The van der Waals surface area contributed by atoms with E-state index in [2.05, 4.69) is 77.8 Å². The van der Waals surface area contributed by atoms with E-state index in [4.69, 9.17) is 4.98 Å². The van der Waals surface area contributed by atoms with Gasteiger partial charge >= 0.3 is 0 Å². The smallest absolute Gasteiger partial charge is 0.0992 e. The van der Waals surface area contributed by atoms with Gasteiger partial charge < -0.3 is 0 Å². The van der Waals surface area contributed by atoms with Crippen LogP contribution in [0.3, 0.4) is 0 Å². The lowest BCUT2D eigenvalue weighted by Crippen LogP contribution is -1.86. The molecule has 134 valence electrons. The second kappa shape index (κ2) is 7.50. The van der Waals surface area contributed by atoms with Gasteiger partial charge in [-0.2, -0.15) is 0 Å². The molecule has 0 unspecified atom stereocenters. The minimum Gasteiger partial charge on any atom is -0.260 e. The number of benzene rings is 2. The number of thiophene rings is 2. The van der Waals surface area contributed by atoms with E-state index in [0.29, 0.717) is 0 Å². The summed E-state index contributed by atoms with van der Waals surface area (Å²) in [5, 5.41) is 0. The van der Waals surface area contributed by atoms with E-state index in [1.54, 1.807) is 22.7 Å². The molecule has 0 saturated heterocycles. The molecule has 5 rings (SSSR count). The van der Waals surface area contributed by atoms with Crippen LogP contribution in [0.2, 0.25) is 0 Å². The summed E-state index contributed by atoms with van der Waals surface area (Å²) in [5.74, 6) is 0. The van der Waals surface area contributed by atoms with Gasteiger partial charge in [-0.25, -0.2) is 4.98 Å². The highest BCUT2D eigenvalue weighted by molar-refractivity contribution is 7.19. The number of hydrogen-bond donors (Lipinski definition) is 0. The summed E-state index contributed by atoms with van der Waals surface area (Å²) in [5.41, 5.74) is 4.29. The molecule has 3 heterocycles. The van der Waals surface area contributed by atoms with Gasteiger partial charge in [0.1, 0.15) is 0 Å². The van der Waals surface area contributed by atoms with Crippen molar-refractivity contribution in [3.05, 3.63) is 97.3 Å². The molecule has 0 radical (unpaired) electrons. The normalized spacial score (nSPS) is 10.9. The van der Waals surface area contributed by atoms with E-state index in [9.17, 15) is 0 Å². The fourth-order valence-electron chi connectivity index (χ4n) is 3.07. The van der Waals surface area contributed by atoms with Gasteiger partial charge in [-0.1, -0.05) is 60.7 Å². The van der Waals surface area contributed by atoms with Gasteiger partial charge in [0.05, 0.1) is 33.5 Å². The van der Waals surface area contributed by atoms with Crippen LogP contribution in [0.1, 0.15) is 0 Å². The molecule has 28 heavy (non-hydrogen) atoms. The van der Waals surface area contributed by atoms with Crippen LogP contribution >= 0.6 is 22.7 Å². The van der Waals surface area contributed by atoms with Crippen molar-refractivity contribution in [1.29, 1.82) is 0 Å². The van der Waals surface area contributed by atoms with Crippen LogP contribution in [0.4, 0.5) is 0 Å². The van der Waals surface area contributed by atoms with Crippen molar-refractivity contribution in [3.63, 3.8) is 0 Å². The summed E-state index contributed by atoms with van der Waals surface area (Å²) < 4.78 is 0. The van der Waals surface area contributed by atoms with Crippen LogP contribution in [0.5, 0.6) is 0 Å². The Morgan fingerprint density at radius 3 is 1.36 bits per heavy atom. The molecule has 0 saturated carbocycles. The third kappa shape index (κ3) is 3.40. The molecule has 0 aliphatic rings. The molecule has 0 aliphatic heterocycles. The standard InChI is InChI=1S/C24H16N2S2/c1-3-7-17(8-4-1)21-11-13-23(27-21)19-15-25-16-20(26-19)24-14-12-22(28-24)18-9-5-2-6-10-18/h1-16H. The lowest BCUT2D eigenvalue weighted by molar-refractivity contribution is 1.22. The van der Waals surface area contributed by atoms with E-state index in [0.717, 1.165) is 21.1 Å². The lowest BCUT2D eigenvalue weighted by Gasteiger charge is -2.01. The van der Waals surface area contributed by atoms with Crippen LogP contribution in [0.15, 0.2) is 97.3 Å². The monoisotopic (exact) mass is 396 g/mol. The molecular weight excluding hydrogens is 380 g/mol. The van der Waals surface area contributed by atoms with Gasteiger partial charge in [0, 0.05) is 9.75 Å². The molecule has 0 N–H and O–H groups in total. The fourth-order valence-corrected chi connectivity index (χ4v) is 5.00. The Bertz CT molecular complexity index is 1110. The first-order chi connectivity index (χ1) is 13.9. The number of nitrogens with zero attached hydrogens (tertiary/aromatic N) is 2. The second-order valence-corrected chi connectivity index (χ2v) is 8.52. The molecule has 0 fully saturated rings. The van der Waals surface area contributed by atoms with Crippen molar-refractivity contribution in [3.8, 4) is 42.0 Å². The molecule has 4 heteroatoms. The molecule has 2 nitrogen and oxygen atoms in total. The summed E-state index contributed by atoms with van der Waals surface area (Å²) in [6.07, 6.45) is 3.69. The molecule has 3 aromatic heterocycles. The highest BCUT2D eigenvalue weighted by atomic mass is 32.1. The van der Waals surface area contributed by atoms with Gasteiger partial charge in [0.25, 0.3) is 0 Å². The highest BCUT2D eigenvalue weighted by Gasteiger charge is 2.10. The Kier molecular flexibility index (Phi) is 4.57. The highest BCUT2D eigenvalue weighted by Crippen LogP contribution is 2.36. The zero-order valence-corrected chi connectivity index (χ0v) is 16.6. The van der Waals surface area contributed by atoms with Crippen LogP contribution in [-0.2, 0) is 0 Å². The molecule has 2 aromatic carbocycles. The Balaban J connectivity index is 1.46. The van der Waals surface area contributed by atoms with E-state index >= 15 is 0 Å². The molecule has 0 bridgehead atoms. The Labute approximate surface area is 171 Å². The molecule has 5 aromatic rings. The van der Waals surface area contributed by atoms with Gasteiger partial charge in [-0.15, -0.1) is 22.7 Å². The first-order valence-corrected chi connectivity index (χ1v) is 10.6. The largest absolute Gasteiger partial charge is 0.260 e.